The number of fused-ring (bicyclic) bond motifs is 1. The minimum absolute atomic E-state index is 0.0225. The van der Waals surface area contributed by atoms with Crippen LogP contribution >= 0.6 is 0 Å². The maximum atomic E-state index is 12.7. The Bertz CT molecular complexity index is 744. The molecule has 1 aromatic rings. The molecule has 3 rings (SSSR count). The Morgan fingerprint density at radius 2 is 1.91 bits per heavy atom. The van der Waals surface area contributed by atoms with Crippen molar-refractivity contribution in [2.24, 2.45) is 5.92 Å². The number of nitrogens with zero attached hydrogens (tertiary/aromatic N) is 2. The Morgan fingerprint density at radius 3 is 2.52 bits per heavy atom. The van der Waals surface area contributed by atoms with Crippen LogP contribution in [0.15, 0.2) is 29.2 Å². The number of carbonyl (C=O) groups is 2. The molecule has 2 fully saturated rings. The molecular formula is C15H18N2O5S. The van der Waals surface area contributed by atoms with E-state index in [2.05, 4.69) is 0 Å². The zero-order valence-corrected chi connectivity index (χ0v) is 13.5. The van der Waals surface area contributed by atoms with Gasteiger partial charge >= 0.3 is 5.97 Å². The number of aromatic carboxylic acids is 1. The number of hydrogen-bond donors (Lipinski definition) is 1. The van der Waals surface area contributed by atoms with Gasteiger partial charge in [0.1, 0.15) is 0 Å². The predicted molar refractivity (Wildman–Crippen MR) is 81.4 cm³/mol. The molecule has 8 heteroatoms. The number of piperidine rings is 1. The van der Waals surface area contributed by atoms with Crippen LogP contribution in [0.4, 0.5) is 0 Å². The highest BCUT2D eigenvalue weighted by Gasteiger charge is 2.43. The van der Waals surface area contributed by atoms with Gasteiger partial charge in [0.05, 0.1) is 10.5 Å². The van der Waals surface area contributed by atoms with Gasteiger partial charge in [-0.05, 0) is 30.7 Å². The summed E-state index contributed by atoms with van der Waals surface area (Å²) in [4.78, 5) is 24.4. The predicted octanol–water partition coefficient (Wildman–Crippen LogP) is 0.626. The summed E-state index contributed by atoms with van der Waals surface area (Å²) in [5.74, 6) is -1.01. The molecule has 0 saturated carbocycles. The van der Waals surface area contributed by atoms with Crippen LogP contribution in [0, 0.1) is 5.92 Å². The normalized spacial score (nSPS) is 25.4. The summed E-state index contributed by atoms with van der Waals surface area (Å²) >= 11 is 0. The Labute approximate surface area is 134 Å². The molecule has 23 heavy (non-hydrogen) atoms. The van der Waals surface area contributed by atoms with Crippen LogP contribution in [0.3, 0.4) is 0 Å². The Morgan fingerprint density at radius 1 is 1.26 bits per heavy atom. The third kappa shape index (κ3) is 2.72. The fourth-order valence-corrected chi connectivity index (χ4v) is 4.90. The molecule has 1 aromatic carbocycles. The van der Waals surface area contributed by atoms with E-state index in [0.29, 0.717) is 25.9 Å². The number of carbonyl (C=O) groups excluding carboxylic acids is 1. The monoisotopic (exact) mass is 338 g/mol. The molecule has 0 radical (unpaired) electrons. The lowest BCUT2D eigenvalue weighted by molar-refractivity contribution is -0.127. The SMILES string of the molecule is CN1C(=O)C[C@@H]2CN(S(=O)(=O)c3ccc(C(=O)O)cc3)CC[C@@H]21. The second kappa shape index (κ2) is 5.61. The molecule has 0 aliphatic carbocycles. The zero-order valence-electron chi connectivity index (χ0n) is 12.7. The topological polar surface area (TPSA) is 95.0 Å². The van der Waals surface area contributed by atoms with Gasteiger partial charge < -0.3 is 10.0 Å². The van der Waals surface area contributed by atoms with E-state index >= 15 is 0 Å². The van der Waals surface area contributed by atoms with E-state index < -0.39 is 16.0 Å². The van der Waals surface area contributed by atoms with Gasteiger partial charge in [-0.15, -0.1) is 0 Å². The van der Waals surface area contributed by atoms with E-state index in [-0.39, 0.29) is 28.3 Å². The molecule has 1 amide bonds. The van der Waals surface area contributed by atoms with Crippen LogP contribution < -0.4 is 0 Å². The minimum atomic E-state index is -3.67. The average molecular weight is 338 g/mol. The second-order valence-electron chi connectivity index (χ2n) is 6.02. The molecule has 0 spiro atoms. The van der Waals surface area contributed by atoms with E-state index in [1.165, 1.54) is 28.6 Å². The lowest BCUT2D eigenvalue weighted by Crippen LogP contribution is -2.47. The summed E-state index contributed by atoms with van der Waals surface area (Å²) in [6, 6.07) is 5.32. The summed E-state index contributed by atoms with van der Waals surface area (Å²) in [6.45, 7) is 0.686. The van der Waals surface area contributed by atoms with Gasteiger partial charge in [-0.1, -0.05) is 0 Å². The first kappa shape index (κ1) is 15.9. The highest BCUT2D eigenvalue weighted by Crippen LogP contribution is 2.33. The van der Waals surface area contributed by atoms with Crippen molar-refractivity contribution in [2.45, 2.75) is 23.8 Å². The summed E-state index contributed by atoms with van der Waals surface area (Å²) in [7, 11) is -1.90. The van der Waals surface area contributed by atoms with Gasteiger partial charge in [0.25, 0.3) is 0 Å². The van der Waals surface area contributed by atoms with E-state index in [1.54, 1.807) is 11.9 Å². The van der Waals surface area contributed by atoms with Crippen LogP contribution in [0.1, 0.15) is 23.2 Å². The number of carboxylic acids is 1. The van der Waals surface area contributed by atoms with Gasteiger partial charge in [-0.3, -0.25) is 4.79 Å². The zero-order chi connectivity index (χ0) is 16.8. The van der Waals surface area contributed by atoms with Crippen LogP contribution in [0.2, 0.25) is 0 Å². The van der Waals surface area contributed by atoms with Crippen LogP contribution in [0.25, 0.3) is 0 Å². The number of sulfonamides is 1. The van der Waals surface area contributed by atoms with E-state index in [4.69, 9.17) is 5.11 Å². The standard InChI is InChI=1S/C15H18N2O5S/c1-16-13-6-7-17(9-11(13)8-14(16)18)23(21,22)12-4-2-10(3-5-12)15(19)20/h2-5,11,13H,6-9H2,1H3,(H,19,20)/t11-,13+/m1/s1. The van der Waals surface area contributed by atoms with Gasteiger partial charge in [-0.25, -0.2) is 13.2 Å². The van der Waals surface area contributed by atoms with Crippen molar-refractivity contribution >= 4 is 21.9 Å². The van der Waals surface area contributed by atoms with Crippen molar-refractivity contribution < 1.29 is 23.1 Å². The number of likely N-dealkylation sites (tertiary alicyclic amines) is 1. The third-order valence-electron chi connectivity index (χ3n) is 4.72. The number of hydrogen-bond acceptors (Lipinski definition) is 4. The molecule has 0 unspecified atom stereocenters. The van der Waals surface area contributed by atoms with Gasteiger partial charge in [0, 0.05) is 38.5 Å². The molecule has 0 aromatic heterocycles. The van der Waals surface area contributed by atoms with E-state index in [0.717, 1.165) is 0 Å². The molecule has 2 saturated heterocycles. The second-order valence-corrected chi connectivity index (χ2v) is 7.96. The van der Waals surface area contributed by atoms with Crippen molar-refractivity contribution in [1.29, 1.82) is 0 Å². The van der Waals surface area contributed by atoms with E-state index in [1.807, 2.05) is 0 Å². The molecule has 2 aliphatic rings. The molecule has 1 N–H and O–H groups in total. The molecule has 7 nitrogen and oxygen atoms in total. The average Bonchev–Trinajstić information content (AvgIpc) is 2.81. The Balaban J connectivity index is 1.81. The number of benzene rings is 1. The maximum Gasteiger partial charge on any atom is 0.335 e. The lowest BCUT2D eigenvalue weighted by Gasteiger charge is -2.35. The first-order valence-corrected chi connectivity index (χ1v) is 8.84. The molecule has 0 bridgehead atoms. The molecule has 2 aliphatic heterocycles. The molecule has 124 valence electrons. The van der Waals surface area contributed by atoms with Gasteiger partial charge in [-0.2, -0.15) is 4.31 Å². The Kier molecular flexibility index (Phi) is 3.89. The quantitative estimate of drug-likeness (QED) is 0.872. The number of amides is 1. The summed E-state index contributed by atoms with van der Waals surface area (Å²) in [6.07, 6.45) is 1.00. The fourth-order valence-electron chi connectivity index (χ4n) is 3.39. The van der Waals surface area contributed by atoms with Crippen LogP contribution in [-0.2, 0) is 14.8 Å². The van der Waals surface area contributed by atoms with Crippen molar-refractivity contribution in [3.8, 4) is 0 Å². The number of rotatable bonds is 3. The van der Waals surface area contributed by atoms with E-state index in [9.17, 15) is 18.0 Å². The Hall–Kier alpha value is -1.93. The smallest absolute Gasteiger partial charge is 0.335 e. The minimum Gasteiger partial charge on any atom is -0.478 e. The van der Waals surface area contributed by atoms with Crippen LogP contribution in [0.5, 0.6) is 0 Å². The highest BCUT2D eigenvalue weighted by molar-refractivity contribution is 7.89. The highest BCUT2D eigenvalue weighted by atomic mass is 32.2. The van der Waals surface area contributed by atoms with Crippen molar-refractivity contribution in [1.82, 2.24) is 9.21 Å². The fraction of sp³-hybridized carbons (Fsp3) is 0.467. The van der Waals surface area contributed by atoms with Crippen LogP contribution in [-0.4, -0.2) is 60.8 Å². The summed E-state index contributed by atoms with van der Waals surface area (Å²) < 4.78 is 26.8. The first-order chi connectivity index (χ1) is 10.8. The first-order valence-electron chi connectivity index (χ1n) is 7.40. The lowest BCUT2D eigenvalue weighted by atomic mass is 9.94. The van der Waals surface area contributed by atoms with Crippen molar-refractivity contribution in [3.63, 3.8) is 0 Å². The van der Waals surface area contributed by atoms with Gasteiger partial charge in [0.15, 0.2) is 0 Å². The third-order valence-corrected chi connectivity index (χ3v) is 6.60. The molecular weight excluding hydrogens is 320 g/mol. The maximum absolute atomic E-state index is 12.7. The summed E-state index contributed by atoms with van der Waals surface area (Å²) in [5, 5.41) is 8.88. The summed E-state index contributed by atoms with van der Waals surface area (Å²) in [5.41, 5.74) is 0.0469. The molecule has 2 atom stereocenters. The van der Waals surface area contributed by atoms with Crippen molar-refractivity contribution in [3.05, 3.63) is 29.8 Å². The number of carboxylic acid groups (broad SMARTS) is 1. The largest absolute Gasteiger partial charge is 0.478 e. The molecule has 2 heterocycles. The van der Waals surface area contributed by atoms with Gasteiger partial charge in [0.2, 0.25) is 15.9 Å². The van der Waals surface area contributed by atoms with Crippen molar-refractivity contribution in [2.75, 3.05) is 20.1 Å².